The zero-order chi connectivity index (χ0) is 13.7. The average Bonchev–Trinajstić information content (AvgIpc) is 2.85. The maximum atomic E-state index is 11.3. The van der Waals surface area contributed by atoms with Crippen molar-refractivity contribution in [2.24, 2.45) is 0 Å². The Hall–Kier alpha value is -2.88. The van der Waals surface area contributed by atoms with E-state index >= 15 is 0 Å². The second-order valence-electron chi connectivity index (χ2n) is 4.79. The molecule has 96 valence electrons. The third-order valence-electron chi connectivity index (χ3n) is 3.70. The van der Waals surface area contributed by atoms with Crippen LogP contribution in [0.1, 0.15) is 0 Å². The van der Waals surface area contributed by atoms with Gasteiger partial charge in [-0.2, -0.15) is 0 Å². The van der Waals surface area contributed by atoms with E-state index in [-0.39, 0.29) is 10.6 Å². The molecular formula is C16H10N2O2. The van der Waals surface area contributed by atoms with Crippen molar-refractivity contribution in [2.75, 3.05) is 0 Å². The minimum absolute atomic E-state index is 0.139. The van der Waals surface area contributed by atoms with Crippen LogP contribution in [0.4, 0.5) is 5.69 Å². The van der Waals surface area contributed by atoms with Gasteiger partial charge in [-0.05, 0) is 11.5 Å². The monoisotopic (exact) mass is 262 g/mol. The number of nitro groups is 1. The van der Waals surface area contributed by atoms with E-state index in [9.17, 15) is 10.1 Å². The molecule has 4 nitrogen and oxygen atoms in total. The first-order valence-electron chi connectivity index (χ1n) is 6.32. The highest BCUT2D eigenvalue weighted by atomic mass is 16.6. The predicted octanol–water partition coefficient (Wildman–Crippen LogP) is 4.38. The highest BCUT2D eigenvalue weighted by Gasteiger charge is 2.16. The van der Waals surface area contributed by atoms with Crippen LogP contribution in [0.5, 0.6) is 0 Å². The lowest BCUT2D eigenvalue weighted by atomic mass is 10.0. The maximum absolute atomic E-state index is 11.3. The van der Waals surface area contributed by atoms with Crippen LogP contribution in [0.15, 0.2) is 54.6 Å². The number of nitrogens with one attached hydrogen (secondary N) is 1. The van der Waals surface area contributed by atoms with Gasteiger partial charge in [0, 0.05) is 22.4 Å². The summed E-state index contributed by atoms with van der Waals surface area (Å²) in [6.07, 6.45) is 0. The fraction of sp³-hybridized carbons (Fsp3) is 0. The number of fused-ring (bicyclic) bond motifs is 5. The summed E-state index contributed by atoms with van der Waals surface area (Å²) in [5.74, 6) is 0. The van der Waals surface area contributed by atoms with E-state index in [1.807, 2.05) is 42.5 Å². The van der Waals surface area contributed by atoms with Crippen molar-refractivity contribution in [2.45, 2.75) is 0 Å². The van der Waals surface area contributed by atoms with Crippen LogP contribution in [-0.4, -0.2) is 9.91 Å². The molecule has 3 aromatic carbocycles. The Morgan fingerprint density at radius 2 is 1.75 bits per heavy atom. The normalized spacial score (nSPS) is 11.4. The van der Waals surface area contributed by atoms with Gasteiger partial charge in [0.1, 0.15) is 0 Å². The van der Waals surface area contributed by atoms with Crippen molar-refractivity contribution in [3.8, 4) is 0 Å². The molecule has 0 saturated heterocycles. The molecule has 1 N–H and O–H groups in total. The molecule has 0 aliphatic heterocycles. The molecule has 0 unspecified atom stereocenters. The lowest BCUT2D eigenvalue weighted by Crippen LogP contribution is -1.89. The van der Waals surface area contributed by atoms with E-state index in [2.05, 4.69) is 4.98 Å². The van der Waals surface area contributed by atoms with Gasteiger partial charge in [-0.15, -0.1) is 0 Å². The van der Waals surface area contributed by atoms with Gasteiger partial charge in [-0.25, -0.2) is 0 Å². The largest absolute Gasteiger partial charge is 0.354 e. The van der Waals surface area contributed by atoms with Gasteiger partial charge in [-0.3, -0.25) is 10.1 Å². The fourth-order valence-corrected chi connectivity index (χ4v) is 2.83. The number of nitro benzene ring substituents is 1. The fourth-order valence-electron chi connectivity index (χ4n) is 2.83. The number of nitrogens with zero attached hydrogens (tertiary/aromatic N) is 1. The van der Waals surface area contributed by atoms with Gasteiger partial charge in [0.15, 0.2) is 0 Å². The zero-order valence-electron chi connectivity index (χ0n) is 10.5. The molecule has 0 saturated carbocycles. The topological polar surface area (TPSA) is 58.9 Å². The van der Waals surface area contributed by atoms with Crippen LogP contribution in [0, 0.1) is 10.1 Å². The van der Waals surface area contributed by atoms with Crippen molar-refractivity contribution in [1.82, 2.24) is 4.98 Å². The number of rotatable bonds is 1. The third kappa shape index (κ3) is 1.36. The molecule has 20 heavy (non-hydrogen) atoms. The molecule has 0 fully saturated rings. The van der Waals surface area contributed by atoms with Crippen LogP contribution in [0.3, 0.4) is 0 Å². The van der Waals surface area contributed by atoms with Gasteiger partial charge < -0.3 is 4.98 Å². The summed E-state index contributed by atoms with van der Waals surface area (Å²) < 4.78 is 0. The summed E-state index contributed by atoms with van der Waals surface area (Å²) in [4.78, 5) is 14.3. The summed E-state index contributed by atoms with van der Waals surface area (Å²) in [5, 5.41) is 14.9. The highest BCUT2D eigenvalue weighted by Crippen LogP contribution is 2.35. The minimum atomic E-state index is -0.326. The Morgan fingerprint density at radius 3 is 2.60 bits per heavy atom. The molecule has 0 aliphatic rings. The van der Waals surface area contributed by atoms with Gasteiger partial charge in [0.25, 0.3) is 5.69 Å². The van der Waals surface area contributed by atoms with Crippen molar-refractivity contribution >= 4 is 38.3 Å². The molecule has 4 rings (SSSR count). The zero-order valence-corrected chi connectivity index (χ0v) is 10.5. The van der Waals surface area contributed by atoms with E-state index in [4.69, 9.17) is 0 Å². The molecule has 0 aliphatic carbocycles. The number of para-hydroxylation sites is 1. The number of hydrogen-bond donors (Lipinski definition) is 1. The Labute approximate surface area is 113 Å². The number of aromatic amines is 1. The number of H-pyrrole nitrogens is 1. The van der Waals surface area contributed by atoms with Crippen molar-refractivity contribution in [3.05, 3.63) is 64.7 Å². The van der Waals surface area contributed by atoms with Crippen LogP contribution in [0.2, 0.25) is 0 Å². The smallest absolute Gasteiger partial charge is 0.279 e. The number of aromatic nitrogens is 1. The Balaban J connectivity index is 2.31. The summed E-state index contributed by atoms with van der Waals surface area (Å²) >= 11 is 0. The first-order chi connectivity index (χ1) is 9.75. The summed E-state index contributed by atoms with van der Waals surface area (Å²) in [6.45, 7) is 0. The molecule has 0 bridgehead atoms. The molecule has 1 aromatic heterocycles. The minimum Gasteiger partial charge on any atom is -0.354 e. The molecule has 0 spiro atoms. The average molecular weight is 262 g/mol. The number of benzene rings is 3. The van der Waals surface area contributed by atoms with Gasteiger partial charge in [0.05, 0.1) is 15.8 Å². The second-order valence-corrected chi connectivity index (χ2v) is 4.79. The van der Waals surface area contributed by atoms with Crippen molar-refractivity contribution in [1.29, 1.82) is 0 Å². The Bertz CT molecular complexity index is 986. The Morgan fingerprint density at radius 1 is 0.900 bits per heavy atom. The molecule has 1 heterocycles. The van der Waals surface area contributed by atoms with E-state index in [0.29, 0.717) is 5.39 Å². The molecule has 4 aromatic rings. The van der Waals surface area contributed by atoms with E-state index < -0.39 is 0 Å². The predicted molar refractivity (Wildman–Crippen MR) is 80.0 cm³/mol. The van der Waals surface area contributed by atoms with Crippen LogP contribution in [-0.2, 0) is 0 Å². The SMILES string of the molecule is O=[N+]([O-])c1cccc2ccc3c4ccccc4[nH]c3c12. The highest BCUT2D eigenvalue weighted by molar-refractivity contribution is 6.19. The molecular weight excluding hydrogens is 252 g/mol. The summed E-state index contributed by atoms with van der Waals surface area (Å²) in [6, 6.07) is 17.0. The lowest BCUT2D eigenvalue weighted by molar-refractivity contribution is -0.383. The second kappa shape index (κ2) is 3.81. The molecule has 0 radical (unpaired) electrons. The van der Waals surface area contributed by atoms with Crippen molar-refractivity contribution in [3.63, 3.8) is 0 Å². The van der Waals surface area contributed by atoms with Crippen LogP contribution < -0.4 is 0 Å². The molecule has 4 heteroatoms. The van der Waals surface area contributed by atoms with E-state index in [1.165, 1.54) is 0 Å². The van der Waals surface area contributed by atoms with Crippen LogP contribution in [0.25, 0.3) is 32.6 Å². The molecule has 0 atom stereocenters. The van der Waals surface area contributed by atoms with Crippen molar-refractivity contribution < 1.29 is 4.92 Å². The first-order valence-corrected chi connectivity index (χ1v) is 6.32. The first kappa shape index (κ1) is 11.0. The van der Waals surface area contributed by atoms with Gasteiger partial charge in [-0.1, -0.05) is 42.5 Å². The summed E-state index contributed by atoms with van der Waals surface area (Å²) in [5.41, 5.74) is 1.96. The maximum Gasteiger partial charge on any atom is 0.279 e. The number of non-ortho nitro benzene ring substituents is 1. The van der Waals surface area contributed by atoms with E-state index in [1.54, 1.807) is 12.1 Å². The molecule has 0 amide bonds. The quantitative estimate of drug-likeness (QED) is 0.408. The standard InChI is InChI=1S/C16H10N2O2/c19-18(20)14-7-3-4-10-8-9-12-11-5-1-2-6-13(11)17-16(12)15(10)14/h1-9,17H. The third-order valence-corrected chi connectivity index (χ3v) is 3.70. The lowest BCUT2D eigenvalue weighted by Gasteiger charge is -2.01. The van der Waals surface area contributed by atoms with Gasteiger partial charge in [0.2, 0.25) is 0 Å². The number of hydrogen-bond acceptors (Lipinski definition) is 2. The Kier molecular flexibility index (Phi) is 2.09. The summed E-state index contributed by atoms with van der Waals surface area (Å²) in [7, 11) is 0. The van der Waals surface area contributed by atoms with E-state index in [0.717, 1.165) is 27.2 Å². The van der Waals surface area contributed by atoms with Crippen LogP contribution >= 0.6 is 0 Å². The van der Waals surface area contributed by atoms with Gasteiger partial charge >= 0.3 is 0 Å².